The van der Waals surface area contributed by atoms with Gasteiger partial charge in [0.15, 0.2) is 6.10 Å². The zero-order valence-electron chi connectivity index (χ0n) is 72.4. The molecule has 658 valence electrons. The minimum Gasteiger partial charge on any atom is -0.463 e. The Morgan fingerprint density at radius 2 is 0.461 bits per heavy atom. The van der Waals surface area contributed by atoms with Crippen molar-refractivity contribution >= 4 is 33.6 Å². The highest BCUT2D eigenvalue weighted by Gasteiger charge is 2.29. The van der Waals surface area contributed by atoms with Crippen molar-refractivity contribution in [3.8, 4) is 0 Å². The highest BCUT2D eigenvalue weighted by atomic mass is 31.2. The average Bonchev–Trinajstić information content (AvgIpc) is 0.903. The molecule has 0 saturated carbocycles. The molecule has 16 nitrogen and oxygen atoms in total. The van der Waals surface area contributed by atoms with Crippen LogP contribution in [-0.2, 0) is 55.8 Å². The van der Waals surface area contributed by atoms with Crippen LogP contribution >= 0.6 is 15.6 Å². The van der Waals surface area contributed by atoms with E-state index in [0.717, 1.165) is 154 Å². The zero-order chi connectivity index (χ0) is 83.6. The first-order chi connectivity index (χ1) is 56.2. The molecule has 0 amide bonds. The highest BCUT2D eigenvalue weighted by molar-refractivity contribution is 7.47. The summed E-state index contributed by atoms with van der Waals surface area (Å²) in [5.41, 5.74) is 0. The molecule has 0 fully saturated rings. The first-order valence-corrected chi connectivity index (χ1v) is 48.4. The van der Waals surface area contributed by atoms with E-state index in [1.165, 1.54) is 154 Å². The van der Waals surface area contributed by atoms with Crippen LogP contribution < -0.4 is 0 Å². The summed E-state index contributed by atoms with van der Waals surface area (Å²) in [4.78, 5) is 58.9. The summed E-state index contributed by atoms with van der Waals surface area (Å²) in [7, 11) is -9.82. The fraction of sp³-hybridized carbons (Fsp3) is 0.680. The Balaban J connectivity index is 4.54. The van der Waals surface area contributed by atoms with Crippen molar-refractivity contribution < 1.29 is 75.8 Å². The number of unbranched alkanes of at least 4 members (excludes halogenated alkanes) is 34. The number of rotatable bonds is 85. The zero-order valence-corrected chi connectivity index (χ0v) is 74.2. The van der Waals surface area contributed by atoms with E-state index in [-0.39, 0.29) is 19.3 Å². The molecule has 0 aliphatic carbocycles. The van der Waals surface area contributed by atoms with E-state index >= 15 is 0 Å². The van der Waals surface area contributed by atoms with Gasteiger partial charge in [0.05, 0.1) is 26.4 Å². The van der Waals surface area contributed by atoms with Gasteiger partial charge in [0.25, 0.3) is 0 Å². The largest absolute Gasteiger partial charge is 0.472 e. The van der Waals surface area contributed by atoms with Crippen LogP contribution in [0.2, 0.25) is 0 Å². The smallest absolute Gasteiger partial charge is 0.463 e. The minimum atomic E-state index is -4.95. The Hall–Kier alpha value is -5.09. The van der Waals surface area contributed by atoms with Crippen molar-refractivity contribution in [2.45, 2.75) is 386 Å². The molecule has 0 aromatic carbocycles. The molecule has 5 unspecified atom stereocenters. The lowest BCUT2D eigenvalue weighted by molar-refractivity contribution is -0.161. The fourth-order valence-corrected chi connectivity index (χ4v) is 13.7. The molecule has 5 atom stereocenters. The van der Waals surface area contributed by atoms with Crippen LogP contribution in [-0.4, -0.2) is 95.9 Å². The van der Waals surface area contributed by atoms with Gasteiger partial charge in [-0.25, -0.2) is 9.13 Å². The van der Waals surface area contributed by atoms with Crippen LogP contribution in [0, 0.1) is 0 Å². The van der Waals surface area contributed by atoms with E-state index in [9.17, 15) is 43.5 Å². The van der Waals surface area contributed by atoms with Gasteiger partial charge >= 0.3 is 33.6 Å². The molecule has 0 saturated heterocycles. The highest BCUT2D eigenvalue weighted by Crippen LogP contribution is 2.45. The second-order valence-electron chi connectivity index (χ2n) is 30.0. The SMILES string of the molecule is CC/C=C\C/C=C\C/C=C\C/C=C\C/C=C\C/C=C\CCCCCCCCCCCCCCC(=O)OCC(O)COP(=O)(O)OCC(O)COP(=O)(O)OCC(COC(=O)CCCCCCCCCCCCCCCCC/C=C\C/C=C\C/C=C\C/C=C\CCCCC)OC(=O)CCCCCC/C=C\C/C=C\C/C=C\C/C=C\CC. The van der Waals surface area contributed by atoms with Crippen LogP contribution in [0.5, 0.6) is 0 Å². The number of carbonyl (C=O) groups is 3. The van der Waals surface area contributed by atoms with Crippen LogP contribution in [0.25, 0.3) is 0 Å². The Bertz CT molecular complexity index is 2770. The lowest BCUT2D eigenvalue weighted by Crippen LogP contribution is -2.30. The molecule has 0 aliphatic heterocycles. The molecule has 18 heteroatoms. The van der Waals surface area contributed by atoms with Gasteiger partial charge in [-0.2, -0.15) is 0 Å². The number of carbonyl (C=O) groups excluding carboxylic acids is 3. The van der Waals surface area contributed by atoms with Crippen LogP contribution in [0.15, 0.2) is 170 Å². The summed E-state index contributed by atoms with van der Waals surface area (Å²) in [5.74, 6) is -1.60. The summed E-state index contributed by atoms with van der Waals surface area (Å²) in [6.45, 7) is 2.43. The molecule has 4 N–H and O–H groups in total. The number of hydrogen-bond donors (Lipinski definition) is 4. The summed E-state index contributed by atoms with van der Waals surface area (Å²) in [5, 5.41) is 20.7. The summed E-state index contributed by atoms with van der Waals surface area (Å²) < 4.78 is 61.4. The molecule has 0 aliphatic rings. The van der Waals surface area contributed by atoms with Crippen LogP contribution in [0.4, 0.5) is 0 Å². The number of aliphatic hydroxyl groups is 2. The van der Waals surface area contributed by atoms with Crippen molar-refractivity contribution in [1.82, 2.24) is 0 Å². The Labute approximate surface area is 701 Å². The maximum atomic E-state index is 13.0. The lowest BCUT2D eigenvalue weighted by Gasteiger charge is -2.21. The van der Waals surface area contributed by atoms with Gasteiger partial charge in [0, 0.05) is 19.3 Å². The van der Waals surface area contributed by atoms with E-state index in [1.807, 2.05) is 0 Å². The first-order valence-electron chi connectivity index (χ1n) is 45.4. The number of phosphoric ester groups is 2. The molecule has 0 aromatic rings. The third kappa shape index (κ3) is 89.5. The molecule has 0 radical (unpaired) electrons. The lowest BCUT2D eigenvalue weighted by atomic mass is 10.0. The number of hydrogen-bond acceptors (Lipinski definition) is 14. The number of allylic oxidation sites excluding steroid dienone is 28. The Morgan fingerprint density at radius 3 is 0.730 bits per heavy atom. The van der Waals surface area contributed by atoms with Gasteiger partial charge in [0.1, 0.15) is 25.4 Å². The standard InChI is InChI=1S/C97H164O16P2/c1-4-7-10-13-16-19-22-25-28-31-33-35-37-39-41-43-45-47-49-51-53-55-57-60-62-65-68-71-74-77-80-83-95(100)107-86-92(98)87-109-114(103,104)110-88-93(99)89-111-115(105,106)112-91-94(113-97(102)85-82-79-76-73-70-67-64-59-30-27-24-21-18-15-12-9-6-3)90-108-96(101)84-81-78-75-72-69-66-63-61-58-56-54-52-50-48-46-44-42-40-38-36-34-32-29-26-23-20-17-14-11-8-5-2/h7,9-10,12,16-21,25-30,33-36,39-42,45,47,64,67,92-94,98-99H,4-6,8,11,13-15,22-24,31-32,37-38,43-44,46,48-63,65-66,68-91H2,1-3H3,(H,103,104)(H,105,106)/b10-7-,12-9-,19-16-,20-17-,21-18-,28-25-,29-26-,30-27-,35-33-,36-34-,41-39-,42-40-,47-45-,67-64-. The van der Waals surface area contributed by atoms with Gasteiger partial charge in [0.2, 0.25) is 0 Å². The van der Waals surface area contributed by atoms with Crippen molar-refractivity contribution in [2.75, 3.05) is 39.6 Å². The molecule has 115 heavy (non-hydrogen) atoms. The summed E-state index contributed by atoms with van der Waals surface area (Å²) in [6.07, 6.45) is 114. The fourth-order valence-electron chi connectivity index (χ4n) is 12.1. The second-order valence-corrected chi connectivity index (χ2v) is 32.9. The minimum absolute atomic E-state index is 0.0734. The van der Waals surface area contributed by atoms with E-state index < -0.39 is 91.5 Å². The quantitative estimate of drug-likeness (QED) is 0.0146. The normalized spacial score (nSPS) is 14.6. The molecule has 0 aromatic heterocycles. The van der Waals surface area contributed by atoms with Crippen molar-refractivity contribution in [3.05, 3.63) is 170 Å². The predicted octanol–water partition coefficient (Wildman–Crippen LogP) is 27.9. The summed E-state index contributed by atoms with van der Waals surface area (Å²) >= 11 is 0. The van der Waals surface area contributed by atoms with E-state index in [2.05, 4.69) is 191 Å². The number of ether oxygens (including phenoxy) is 3. The van der Waals surface area contributed by atoms with E-state index in [4.69, 9.17) is 32.3 Å². The van der Waals surface area contributed by atoms with Gasteiger partial charge in [-0.05, 0) is 154 Å². The average molecular weight is 1650 g/mol. The number of aliphatic hydroxyl groups excluding tert-OH is 2. The monoisotopic (exact) mass is 1650 g/mol. The van der Waals surface area contributed by atoms with Gasteiger partial charge in [-0.3, -0.25) is 32.5 Å². The molecule has 0 rings (SSSR count). The molecular weight excluding hydrogens is 1480 g/mol. The Morgan fingerprint density at radius 1 is 0.252 bits per heavy atom. The second kappa shape index (κ2) is 88.2. The van der Waals surface area contributed by atoms with Crippen molar-refractivity contribution in [3.63, 3.8) is 0 Å². The molecular formula is C97H164O16P2. The third-order valence-electron chi connectivity index (χ3n) is 18.9. The Kier molecular flexibility index (Phi) is 84.3. The van der Waals surface area contributed by atoms with Crippen molar-refractivity contribution in [1.29, 1.82) is 0 Å². The van der Waals surface area contributed by atoms with E-state index in [0.29, 0.717) is 19.3 Å². The molecule has 0 spiro atoms. The maximum Gasteiger partial charge on any atom is 0.472 e. The predicted molar refractivity (Wildman–Crippen MR) is 482 cm³/mol. The van der Waals surface area contributed by atoms with Gasteiger partial charge in [-0.1, -0.05) is 364 Å². The van der Waals surface area contributed by atoms with Crippen LogP contribution in [0.1, 0.15) is 367 Å². The number of phosphoric acid groups is 2. The van der Waals surface area contributed by atoms with Crippen LogP contribution in [0.3, 0.4) is 0 Å². The van der Waals surface area contributed by atoms with Crippen molar-refractivity contribution in [2.24, 2.45) is 0 Å². The van der Waals surface area contributed by atoms with E-state index in [1.54, 1.807) is 0 Å². The van der Waals surface area contributed by atoms with Gasteiger partial charge < -0.3 is 34.2 Å². The number of esters is 3. The first kappa shape index (κ1) is 110. The molecule has 0 heterocycles. The topological polar surface area (TPSA) is 231 Å². The molecule has 0 bridgehead atoms. The maximum absolute atomic E-state index is 13.0. The van der Waals surface area contributed by atoms with Gasteiger partial charge in [-0.15, -0.1) is 0 Å². The summed E-state index contributed by atoms with van der Waals surface area (Å²) in [6, 6.07) is 0. The third-order valence-corrected chi connectivity index (χ3v) is 20.8.